The van der Waals surface area contributed by atoms with Crippen LogP contribution in [0.5, 0.6) is 0 Å². The molecule has 0 heterocycles. The average Bonchev–Trinajstić information content (AvgIpc) is 3.21. The highest BCUT2D eigenvalue weighted by Gasteiger charge is 2.59. The van der Waals surface area contributed by atoms with Crippen molar-refractivity contribution in [3.8, 4) is 0 Å². The van der Waals surface area contributed by atoms with E-state index in [-0.39, 0.29) is 29.1 Å². The Morgan fingerprint density at radius 2 is 1.77 bits per heavy atom. The molecular weight excluding hydrogens is 434 g/mol. The van der Waals surface area contributed by atoms with Gasteiger partial charge in [0, 0.05) is 6.04 Å². The summed E-state index contributed by atoms with van der Waals surface area (Å²) in [6.45, 7) is 7.72. The lowest BCUT2D eigenvalue weighted by Gasteiger charge is -2.58. The molecule has 0 amide bonds. The van der Waals surface area contributed by atoms with Crippen molar-refractivity contribution >= 4 is 0 Å². The van der Waals surface area contributed by atoms with Gasteiger partial charge in [-0.2, -0.15) is 0 Å². The van der Waals surface area contributed by atoms with E-state index in [1.165, 1.54) is 31.3 Å². The largest absolute Gasteiger partial charge is 0.393 e. The maximum Gasteiger partial charge on any atom is 0.0940 e. The zero-order valence-corrected chi connectivity index (χ0v) is 22.0. The first-order valence-electron chi connectivity index (χ1n) is 14.3. The van der Waals surface area contributed by atoms with Crippen LogP contribution in [-0.4, -0.2) is 40.1 Å². The molecule has 0 bridgehead atoms. The third-order valence-corrected chi connectivity index (χ3v) is 11.1. The Kier molecular flexibility index (Phi) is 7.22. The molecule has 4 aliphatic rings. The Hall–Kier alpha value is -1.20. The average molecular weight is 482 g/mol. The molecule has 4 aliphatic carbocycles. The summed E-state index contributed by atoms with van der Waals surface area (Å²) in [6, 6.07) is 9.77. The molecule has 0 aliphatic heterocycles. The van der Waals surface area contributed by atoms with Crippen molar-refractivity contribution in [3.63, 3.8) is 0 Å². The van der Waals surface area contributed by atoms with Gasteiger partial charge in [0.15, 0.2) is 0 Å². The van der Waals surface area contributed by atoms with Crippen molar-refractivity contribution in [1.29, 1.82) is 0 Å². The number of hydrogen-bond donors (Lipinski definition) is 4. The lowest BCUT2D eigenvalue weighted by Crippen LogP contribution is -2.51. The van der Waals surface area contributed by atoms with Crippen LogP contribution in [0.3, 0.4) is 0 Å². The highest BCUT2D eigenvalue weighted by atomic mass is 16.3. The Bertz CT molecular complexity index is 902. The summed E-state index contributed by atoms with van der Waals surface area (Å²) in [6.07, 6.45) is 11.3. The Balaban J connectivity index is 1.19. The third-order valence-electron chi connectivity index (χ3n) is 11.1. The SMILES string of the molecule is CC(NCCC(O)C1CCC2C3CC=C4CC(O)CCC4(C)C3CCC12C)C(O)c1ccccc1. The molecule has 0 radical (unpaired) electrons. The molecule has 3 saturated carbocycles. The Morgan fingerprint density at radius 1 is 1.00 bits per heavy atom. The van der Waals surface area contributed by atoms with Gasteiger partial charge in [0.05, 0.1) is 18.3 Å². The second kappa shape index (κ2) is 9.93. The summed E-state index contributed by atoms with van der Waals surface area (Å²) in [7, 11) is 0. The number of aliphatic hydroxyl groups is 3. The second-order valence-corrected chi connectivity index (χ2v) is 12.8. The quantitative estimate of drug-likeness (QED) is 0.394. The van der Waals surface area contributed by atoms with Crippen LogP contribution in [0, 0.1) is 34.5 Å². The summed E-state index contributed by atoms with van der Waals surface area (Å²) < 4.78 is 0. The zero-order chi connectivity index (χ0) is 24.8. The van der Waals surface area contributed by atoms with E-state index in [1.807, 2.05) is 37.3 Å². The minimum atomic E-state index is -0.538. The maximum absolute atomic E-state index is 11.3. The van der Waals surface area contributed by atoms with Crippen molar-refractivity contribution in [2.45, 2.75) is 103 Å². The second-order valence-electron chi connectivity index (χ2n) is 12.8. The number of rotatable bonds is 7. The molecule has 4 N–H and O–H groups in total. The number of nitrogens with one attached hydrogen (secondary N) is 1. The third kappa shape index (κ3) is 4.54. The summed E-state index contributed by atoms with van der Waals surface area (Å²) in [4.78, 5) is 0. The van der Waals surface area contributed by atoms with E-state index in [1.54, 1.807) is 0 Å². The first-order valence-corrected chi connectivity index (χ1v) is 14.3. The van der Waals surface area contributed by atoms with Crippen LogP contribution in [0.2, 0.25) is 0 Å². The molecule has 0 saturated heterocycles. The van der Waals surface area contributed by atoms with E-state index in [2.05, 4.69) is 25.2 Å². The van der Waals surface area contributed by atoms with Crippen molar-refractivity contribution in [2.24, 2.45) is 34.5 Å². The lowest BCUT2D eigenvalue weighted by molar-refractivity contribution is -0.0713. The Labute approximate surface area is 212 Å². The van der Waals surface area contributed by atoms with Gasteiger partial charge in [-0.3, -0.25) is 0 Å². The first-order chi connectivity index (χ1) is 16.7. The van der Waals surface area contributed by atoms with Gasteiger partial charge in [0.25, 0.3) is 0 Å². The van der Waals surface area contributed by atoms with E-state index < -0.39 is 6.10 Å². The standard InChI is InChI=1S/C31H47NO3/c1-20(29(35)21-7-5-4-6-8-21)32-18-15-28(34)27-12-11-25-24-10-9-22-19-23(33)13-16-30(22,2)26(24)14-17-31(25,27)3/h4-9,20,23-29,32-35H,10-19H2,1-3H3. The molecule has 1 aromatic rings. The van der Waals surface area contributed by atoms with Gasteiger partial charge in [-0.1, -0.05) is 55.8 Å². The number of allylic oxidation sites excluding steroid dienone is 1. The first kappa shape index (κ1) is 25.4. The molecule has 10 atom stereocenters. The lowest BCUT2D eigenvalue weighted by atomic mass is 9.47. The molecular formula is C31H47NO3. The number of aliphatic hydroxyl groups excluding tert-OH is 3. The van der Waals surface area contributed by atoms with Crippen molar-refractivity contribution in [1.82, 2.24) is 5.32 Å². The molecule has 5 rings (SSSR count). The van der Waals surface area contributed by atoms with E-state index in [0.717, 1.165) is 56.0 Å². The van der Waals surface area contributed by atoms with Crippen LogP contribution in [0.15, 0.2) is 42.0 Å². The zero-order valence-electron chi connectivity index (χ0n) is 22.0. The molecule has 0 spiro atoms. The van der Waals surface area contributed by atoms with E-state index in [4.69, 9.17) is 0 Å². The molecule has 35 heavy (non-hydrogen) atoms. The molecule has 10 unspecified atom stereocenters. The van der Waals surface area contributed by atoms with Gasteiger partial charge in [-0.05, 0) is 111 Å². The number of hydrogen-bond acceptors (Lipinski definition) is 4. The van der Waals surface area contributed by atoms with Gasteiger partial charge in [0.2, 0.25) is 0 Å². The number of fused-ring (bicyclic) bond motifs is 5. The fourth-order valence-electron chi connectivity index (χ4n) is 9.02. The summed E-state index contributed by atoms with van der Waals surface area (Å²) in [5.74, 6) is 2.55. The van der Waals surface area contributed by atoms with Crippen LogP contribution in [0.1, 0.15) is 90.2 Å². The highest BCUT2D eigenvalue weighted by Crippen LogP contribution is 2.66. The molecule has 0 aromatic heterocycles. The minimum absolute atomic E-state index is 0.0510. The van der Waals surface area contributed by atoms with Gasteiger partial charge in [0.1, 0.15) is 0 Å². The summed E-state index contributed by atoms with van der Waals surface area (Å²) in [5, 5.41) is 35.7. The topological polar surface area (TPSA) is 72.7 Å². The molecule has 1 aromatic carbocycles. The van der Waals surface area contributed by atoms with Crippen LogP contribution < -0.4 is 5.32 Å². The Morgan fingerprint density at radius 3 is 2.54 bits per heavy atom. The van der Waals surface area contributed by atoms with E-state index >= 15 is 0 Å². The molecule has 3 fully saturated rings. The molecule has 194 valence electrons. The van der Waals surface area contributed by atoms with Crippen LogP contribution in [0.25, 0.3) is 0 Å². The molecule has 4 heteroatoms. The summed E-state index contributed by atoms with van der Waals surface area (Å²) >= 11 is 0. The van der Waals surface area contributed by atoms with Crippen LogP contribution in [0.4, 0.5) is 0 Å². The van der Waals surface area contributed by atoms with Crippen molar-refractivity contribution in [2.75, 3.05) is 6.54 Å². The van der Waals surface area contributed by atoms with Gasteiger partial charge in [-0.25, -0.2) is 0 Å². The smallest absolute Gasteiger partial charge is 0.0940 e. The maximum atomic E-state index is 11.3. The van der Waals surface area contributed by atoms with Crippen molar-refractivity contribution < 1.29 is 15.3 Å². The molecule has 4 nitrogen and oxygen atoms in total. The predicted molar refractivity (Wildman–Crippen MR) is 141 cm³/mol. The van der Waals surface area contributed by atoms with Gasteiger partial charge >= 0.3 is 0 Å². The minimum Gasteiger partial charge on any atom is -0.393 e. The van der Waals surface area contributed by atoms with Gasteiger partial charge < -0.3 is 20.6 Å². The van der Waals surface area contributed by atoms with Crippen LogP contribution >= 0.6 is 0 Å². The fourth-order valence-corrected chi connectivity index (χ4v) is 9.02. The van der Waals surface area contributed by atoms with Crippen molar-refractivity contribution in [3.05, 3.63) is 47.5 Å². The fraction of sp³-hybridized carbons (Fsp3) is 0.742. The van der Waals surface area contributed by atoms with E-state index in [9.17, 15) is 15.3 Å². The predicted octanol–water partition coefficient (Wildman–Crippen LogP) is 5.39. The normalized spacial score (nSPS) is 41.2. The van der Waals surface area contributed by atoms with Gasteiger partial charge in [-0.15, -0.1) is 0 Å². The summed E-state index contributed by atoms with van der Waals surface area (Å²) in [5.41, 5.74) is 2.97. The van der Waals surface area contributed by atoms with Crippen LogP contribution in [-0.2, 0) is 0 Å². The monoisotopic (exact) mass is 481 g/mol. The number of benzene rings is 1. The van der Waals surface area contributed by atoms with E-state index in [0.29, 0.717) is 11.8 Å². The highest BCUT2D eigenvalue weighted by molar-refractivity contribution is 5.25.